The molecule has 0 saturated heterocycles. The predicted molar refractivity (Wildman–Crippen MR) is 109 cm³/mol. The minimum Gasteiger partial charge on any atom is -0.260 e. The maximum atomic E-state index is 6.42. The lowest BCUT2D eigenvalue weighted by molar-refractivity contribution is 0.940. The normalized spacial score (nSPS) is 11.8. The number of halogens is 1. The van der Waals surface area contributed by atoms with Crippen LogP contribution in [0.3, 0.4) is 0 Å². The van der Waals surface area contributed by atoms with Crippen molar-refractivity contribution < 1.29 is 0 Å². The third-order valence-electron chi connectivity index (χ3n) is 4.27. The highest BCUT2D eigenvalue weighted by Crippen LogP contribution is 2.32. The predicted octanol–water partition coefficient (Wildman–Crippen LogP) is 5.75. The van der Waals surface area contributed by atoms with Gasteiger partial charge < -0.3 is 0 Å². The molecular weight excluding hydrogens is 384 g/mol. The van der Waals surface area contributed by atoms with E-state index in [0.29, 0.717) is 10.9 Å². The van der Waals surface area contributed by atoms with E-state index in [1.54, 1.807) is 23.1 Å². The smallest absolute Gasteiger partial charge is 0.217 e. The number of fused-ring (bicyclic) bond motifs is 4. The van der Waals surface area contributed by atoms with Crippen molar-refractivity contribution in [1.29, 1.82) is 0 Å². The lowest BCUT2D eigenvalue weighted by Crippen LogP contribution is -1.91. The summed E-state index contributed by atoms with van der Waals surface area (Å²) in [6.07, 6.45) is 0. The second-order valence-electron chi connectivity index (χ2n) is 6.09. The topological polar surface area (TPSA) is 43.1 Å². The number of aromatic nitrogens is 4. The summed E-state index contributed by atoms with van der Waals surface area (Å²) in [7, 11) is 0. The number of thioether (sulfide) groups is 1. The van der Waals surface area contributed by atoms with Gasteiger partial charge in [0.2, 0.25) is 4.96 Å². The zero-order valence-electron chi connectivity index (χ0n) is 13.8. The van der Waals surface area contributed by atoms with Crippen LogP contribution in [0.1, 0.15) is 11.1 Å². The fourth-order valence-corrected chi connectivity index (χ4v) is 5.22. The van der Waals surface area contributed by atoms with E-state index in [0.717, 1.165) is 32.1 Å². The number of pyridine rings is 1. The zero-order valence-corrected chi connectivity index (χ0v) is 16.2. The molecule has 0 bridgehead atoms. The summed E-state index contributed by atoms with van der Waals surface area (Å²) in [5.74, 6) is 0.695. The number of hydrogen-bond donors (Lipinski definition) is 0. The van der Waals surface area contributed by atoms with E-state index in [2.05, 4.69) is 62.9 Å². The molecule has 4 nitrogen and oxygen atoms in total. The molecule has 0 N–H and O–H groups in total. The molecule has 0 radical (unpaired) electrons. The van der Waals surface area contributed by atoms with E-state index in [-0.39, 0.29) is 0 Å². The van der Waals surface area contributed by atoms with Crippen LogP contribution in [0, 0.1) is 6.92 Å². The van der Waals surface area contributed by atoms with Crippen LogP contribution in [0.15, 0.2) is 53.7 Å². The van der Waals surface area contributed by atoms with Gasteiger partial charge in [0.25, 0.3) is 0 Å². The van der Waals surface area contributed by atoms with Gasteiger partial charge in [-0.1, -0.05) is 59.0 Å². The standard InChI is InChI=1S/C19H13ClN4S2/c1-11-6-7-12-9-13(17(20)21-14(12)8-11)10-25-18-22-23-19-24(18)15-4-2-3-5-16(15)26-19/h2-9H,10H2,1H3. The van der Waals surface area contributed by atoms with Crippen molar-refractivity contribution in [1.82, 2.24) is 19.6 Å². The van der Waals surface area contributed by atoms with Crippen molar-refractivity contribution in [3.8, 4) is 0 Å². The average Bonchev–Trinajstić information content (AvgIpc) is 3.19. The van der Waals surface area contributed by atoms with Crippen LogP contribution in [0.4, 0.5) is 0 Å². The lowest BCUT2D eigenvalue weighted by Gasteiger charge is -2.06. The molecule has 128 valence electrons. The molecule has 5 rings (SSSR count). The highest BCUT2D eigenvalue weighted by Gasteiger charge is 2.14. The summed E-state index contributed by atoms with van der Waals surface area (Å²) in [5, 5.41) is 11.2. The summed E-state index contributed by atoms with van der Waals surface area (Å²) >= 11 is 9.70. The number of para-hydroxylation sites is 1. The van der Waals surface area contributed by atoms with Gasteiger partial charge in [-0.05, 0) is 36.8 Å². The van der Waals surface area contributed by atoms with Crippen molar-refractivity contribution in [3.63, 3.8) is 0 Å². The SMILES string of the molecule is Cc1ccc2cc(CSc3nnc4sc5ccccc5n34)c(Cl)nc2c1. The molecule has 2 aromatic carbocycles. The first-order chi connectivity index (χ1) is 12.7. The number of hydrogen-bond acceptors (Lipinski definition) is 5. The van der Waals surface area contributed by atoms with Crippen LogP contribution in [0.5, 0.6) is 0 Å². The first-order valence-corrected chi connectivity index (χ1v) is 10.3. The molecule has 0 fully saturated rings. The Morgan fingerprint density at radius 3 is 2.92 bits per heavy atom. The molecule has 0 saturated carbocycles. The molecule has 26 heavy (non-hydrogen) atoms. The number of thiazole rings is 1. The molecule has 0 unspecified atom stereocenters. The molecular formula is C19H13ClN4S2. The Hall–Kier alpha value is -2.15. The Morgan fingerprint density at radius 2 is 2.00 bits per heavy atom. The van der Waals surface area contributed by atoms with Crippen LogP contribution in [-0.2, 0) is 5.75 Å². The highest BCUT2D eigenvalue weighted by atomic mass is 35.5. The fraction of sp³-hybridized carbons (Fsp3) is 0.105. The molecule has 3 heterocycles. The summed E-state index contributed by atoms with van der Waals surface area (Å²) in [6.45, 7) is 2.06. The van der Waals surface area contributed by atoms with E-state index < -0.39 is 0 Å². The summed E-state index contributed by atoms with van der Waals surface area (Å²) in [5.41, 5.74) is 4.25. The first-order valence-electron chi connectivity index (χ1n) is 8.10. The Labute approximate surface area is 162 Å². The number of nitrogens with zero attached hydrogens (tertiary/aromatic N) is 4. The van der Waals surface area contributed by atoms with Crippen LogP contribution >= 0.6 is 34.7 Å². The van der Waals surface area contributed by atoms with Crippen LogP contribution in [0.25, 0.3) is 26.1 Å². The monoisotopic (exact) mass is 396 g/mol. The van der Waals surface area contributed by atoms with E-state index in [9.17, 15) is 0 Å². The molecule has 0 aliphatic heterocycles. The molecule has 0 aliphatic carbocycles. The minimum absolute atomic E-state index is 0.548. The average molecular weight is 397 g/mol. The van der Waals surface area contributed by atoms with Crippen LogP contribution in [-0.4, -0.2) is 19.6 Å². The molecule has 0 spiro atoms. The number of benzene rings is 2. The maximum absolute atomic E-state index is 6.42. The largest absolute Gasteiger partial charge is 0.260 e. The lowest BCUT2D eigenvalue weighted by atomic mass is 10.1. The van der Waals surface area contributed by atoms with Crippen molar-refractivity contribution in [3.05, 3.63) is 64.8 Å². The second kappa shape index (κ2) is 6.23. The quantitative estimate of drug-likeness (QED) is 0.288. The van der Waals surface area contributed by atoms with E-state index in [4.69, 9.17) is 11.6 Å². The molecule has 0 aliphatic rings. The van der Waals surface area contributed by atoms with E-state index in [1.165, 1.54) is 10.3 Å². The van der Waals surface area contributed by atoms with Gasteiger partial charge in [-0.15, -0.1) is 10.2 Å². The van der Waals surface area contributed by atoms with Crippen LogP contribution in [0.2, 0.25) is 5.15 Å². The van der Waals surface area contributed by atoms with Gasteiger partial charge in [-0.2, -0.15) is 0 Å². The molecule has 3 aromatic heterocycles. The Morgan fingerprint density at radius 1 is 1.12 bits per heavy atom. The first kappa shape index (κ1) is 16.1. The molecule has 0 amide bonds. The Kier molecular flexibility index (Phi) is 3.85. The van der Waals surface area contributed by atoms with Crippen molar-refractivity contribution in [2.24, 2.45) is 0 Å². The van der Waals surface area contributed by atoms with Crippen LogP contribution < -0.4 is 0 Å². The zero-order chi connectivity index (χ0) is 17.7. The van der Waals surface area contributed by atoms with Crippen molar-refractivity contribution in [2.75, 3.05) is 0 Å². The second-order valence-corrected chi connectivity index (χ2v) is 8.40. The maximum Gasteiger partial charge on any atom is 0.217 e. The Balaban J connectivity index is 1.51. The van der Waals surface area contributed by atoms with E-state index in [1.807, 2.05) is 12.1 Å². The third kappa shape index (κ3) is 2.65. The van der Waals surface area contributed by atoms with Gasteiger partial charge in [0.1, 0.15) is 5.15 Å². The highest BCUT2D eigenvalue weighted by molar-refractivity contribution is 7.98. The van der Waals surface area contributed by atoms with Gasteiger partial charge in [0.15, 0.2) is 5.16 Å². The van der Waals surface area contributed by atoms with Gasteiger partial charge in [0.05, 0.1) is 15.7 Å². The third-order valence-corrected chi connectivity index (χ3v) is 6.58. The number of aryl methyl sites for hydroxylation is 1. The number of rotatable bonds is 3. The van der Waals surface area contributed by atoms with Gasteiger partial charge in [0, 0.05) is 16.7 Å². The molecule has 0 atom stereocenters. The van der Waals surface area contributed by atoms with Gasteiger partial charge in [-0.3, -0.25) is 4.40 Å². The molecule has 7 heteroatoms. The molecule has 5 aromatic rings. The van der Waals surface area contributed by atoms with E-state index >= 15 is 0 Å². The van der Waals surface area contributed by atoms with Gasteiger partial charge >= 0.3 is 0 Å². The summed E-state index contributed by atoms with van der Waals surface area (Å²) in [6, 6.07) is 16.6. The van der Waals surface area contributed by atoms with Crippen molar-refractivity contribution >= 4 is 60.8 Å². The van der Waals surface area contributed by atoms with Gasteiger partial charge in [-0.25, -0.2) is 4.98 Å². The minimum atomic E-state index is 0.548. The van der Waals surface area contributed by atoms with Crippen molar-refractivity contribution in [2.45, 2.75) is 17.8 Å². The Bertz CT molecular complexity index is 1270. The fourth-order valence-electron chi connectivity index (χ4n) is 2.99. The summed E-state index contributed by atoms with van der Waals surface area (Å²) in [4.78, 5) is 5.46. The summed E-state index contributed by atoms with van der Waals surface area (Å²) < 4.78 is 3.32.